The third-order valence-corrected chi connectivity index (χ3v) is 5.53. The van der Waals surface area contributed by atoms with Crippen LogP contribution < -0.4 is 0 Å². The first kappa shape index (κ1) is 14.6. The van der Waals surface area contributed by atoms with Crippen molar-refractivity contribution in [3.8, 4) is 5.75 Å². The maximum Gasteiger partial charge on any atom is 0.254 e. The van der Waals surface area contributed by atoms with Crippen molar-refractivity contribution in [3.05, 3.63) is 40.4 Å². The first-order valence-corrected chi connectivity index (χ1v) is 8.44. The predicted molar refractivity (Wildman–Crippen MR) is 87.6 cm³/mol. The molecular weight excluding hydrogens is 360 g/mol. The molecule has 6 heteroatoms. The average Bonchev–Trinajstić information content (AvgIpc) is 2.83. The minimum atomic E-state index is -0.264. The van der Waals surface area contributed by atoms with Crippen LogP contribution in [0.3, 0.4) is 0 Å². The van der Waals surface area contributed by atoms with E-state index in [-0.39, 0.29) is 41.2 Å². The molecule has 1 N–H and O–H groups in total. The van der Waals surface area contributed by atoms with Gasteiger partial charge in [-0.05, 0) is 42.9 Å². The number of amides is 2. The van der Waals surface area contributed by atoms with E-state index in [1.54, 1.807) is 12.1 Å². The number of rotatable bonds is 2. The van der Waals surface area contributed by atoms with Crippen LogP contribution in [-0.2, 0) is 9.59 Å². The smallest absolute Gasteiger partial charge is 0.254 e. The van der Waals surface area contributed by atoms with Crippen molar-refractivity contribution in [3.63, 3.8) is 0 Å². The highest BCUT2D eigenvalue weighted by molar-refractivity contribution is 9.10. The van der Waals surface area contributed by atoms with Gasteiger partial charge in [0.25, 0.3) is 11.8 Å². The highest BCUT2D eigenvalue weighted by Crippen LogP contribution is 2.49. The fraction of sp³-hybridized carbons (Fsp3) is 0.353. The summed E-state index contributed by atoms with van der Waals surface area (Å²) in [6.07, 6.45) is 7.45. The quantitative estimate of drug-likeness (QED) is 0.491. The van der Waals surface area contributed by atoms with Crippen LogP contribution in [0.25, 0.3) is 0 Å². The van der Waals surface area contributed by atoms with Crippen LogP contribution in [0.15, 0.2) is 39.9 Å². The Bertz CT molecular complexity index is 726. The number of nitrogens with zero attached hydrogens (tertiary/aromatic N) is 2. The van der Waals surface area contributed by atoms with Gasteiger partial charge in [-0.2, -0.15) is 10.1 Å². The molecule has 3 aliphatic carbocycles. The normalized spacial score (nSPS) is 32.1. The number of phenolic OH excluding ortho intramolecular Hbond substituents is 1. The molecule has 4 aliphatic rings. The summed E-state index contributed by atoms with van der Waals surface area (Å²) >= 11 is 3.32. The zero-order valence-electron chi connectivity index (χ0n) is 12.2. The SMILES string of the molecule is O=C1[C@@H]2[C@@H](C(=O)N1/N=C/c1cc(Br)ccc1O)[C@H]1C=C[C@@H]2CC1. The van der Waals surface area contributed by atoms with Crippen molar-refractivity contribution < 1.29 is 14.7 Å². The number of carbonyl (C=O) groups is 2. The molecule has 1 saturated heterocycles. The van der Waals surface area contributed by atoms with Gasteiger partial charge in [-0.15, -0.1) is 0 Å². The zero-order chi connectivity index (χ0) is 16.1. The fourth-order valence-corrected chi connectivity index (χ4v) is 4.30. The summed E-state index contributed by atoms with van der Waals surface area (Å²) < 4.78 is 0.784. The number of hydrogen-bond acceptors (Lipinski definition) is 4. The van der Waals surface area contributed by atoms with Gasteiger partial charge in [-0.3, -0.25) is 9.59 Å². The largest absolute Gasteiger partial charge is 0.507 e. The van der Waals surface area contributed by atoms with Crippen molar-refractivity contribution in [1.82, 2.24) is 5.01 Å². The highest BCUT2D eigenvalue weighted by Gasteiger charge is 2.56. The van der Waals surface area contributed by atoms with E-state index in [1.807, 2.05) is 0 Å². The van der Waals surface area contributed by atoms with E-state index in [4.69, 9.17) is 0 Å². The molecule has 2 amide bonds. The van der Waals surface area contributed by atoms with Gasteiger partial charge in [-0.25, -0.2) is 0 Å². The van der Waals surface area contributed by atoms with E-state index in [0.29, 0.717) is 5.56 Å². The molecule has 23 heavy (non-hydrogen) atoms. The van der Waals surface area contributed by atoms with Crippen molar-refractivity contribution in [2.75, 3.05) is 0 Å². The lowest BCUT2D eigenvalue weighted by Gasteiger charge is -2.37. The van der Waals surface area contributed by atoms with Gasteiger partial charge in [0.15, 0.2) is 0 Å². The van der Waals surface area contributed by atoms with Crippen LogP contribution in [0, 0.1) is 23.7 Å². The lowest BCUT2D eigenvalue weighted by molar-refractivity contribution is -0.140. The van der Waals surface area contributed by atoms with Gasteiger partial charge in [0, 0.05) is 10.0 Å². The molecule has 5 rings (SSSR count). The molecule has 0 unspecified atom stereocenters. The molecule has 2 bridgehead atoms. The molecule has 118 valence electrons. The topological polar surface area (TPSA) is 70.0 Å². The van der Waals surface area contributed by atoms with Crippen molar-refractivity contribution >= 4 is 34.0 Å². The molecular formula is C17H15BrN2O3. The van der Waals surface area contributed by atoms with Gasteiger partial charge in [-0.1, -0.05) is 28.1 Å². The van der Waals surface area contributed by atoms with Crippen LogP contribution in [0.4, 0.5) is 0 Å². The van der Waals surface area contributed by atoms with Gasteiger partial charge < -0.3 is 5.11 Å². The molecule has 1 heterocycles. The summed E-state index contributed by atoms with van der Waals surface area (Å²) in [5, 5.41) is 14.9. The van der Waals surface area contributed by atoms with E-state index < -0.39 is 0 Å². The zero-order valence-corrected chi connectivity index (χ0v) is 13.8. The summed E-state index contributed by atoms with van der Waals surface area (Å²) in [5.74, 6) is -0.606. The number of allylic oxidation sites excluding steroid dienone is 2. The van der Waals surface area contributed by atoms with Gasteiger partial charge >= 0.3 is 0 Å². The molecule has 2 fully saturated rings. The number of fused-ring (bicyclic) bond motifs is 1. The lowest BCUT2D eigenvalue weighted by Crippen LogP contribution is -2.38. The maximum atomic E-state index is 12.6. The molecule has 4 atom stereocenters. The molecule has 1 aliphatic heterocycles. The Balaban J connectivity index is 1.63. The van der Waals surface area contributed by atoms with Crippen LogP contribution in [0.1, 0.15) is 18.4 Å². The maximum absolute atomic E-state index is 12.6. The Morgan fingerprint density at radius 3 is 2.30 bits per heavy atom. The number of halogens is 1. The molecule has 5 nitrogen and oxygen atoms in total. The van der Waals surface area contributed by atoms with E-state index in [1.165, 1.54) is 12.3 Å². The van der Waals surface area contributed by atoms with Gasteiger partial charge in [0.1, 0.15) is 5.75 Å². The number of carbonyl (C=O) groups excluding carboxylic acids is 2. The minimum Gasteiger partial charge on any atom is -0.507 e. The van der Waals surface area contributed by atoms with Crippen molar-refractivity contribution in [2.24, 2.45) is 28.8 Å². The average molecular weight is 375 g/mol. The summed E-state index contributed by atoms with van der Waals surface area (Å²) in [5.41, 5.74) is 0.455. The highest BCUT2D eigenvalue weighted by atomic mass is 79.9. The van der Waals surface area contributed by atoms with Crippen molar-refractivity contribution in [2.45, 2.75) is 12.8 Å². The molecule has 0 spiro atoms. The number of imide groups is 1. The lowest BCUT2D eigenvalue weighted by atomic mass is 9.63. The van der Waals surface area contributed by atoms with Crippen LogP contribution in [-0.4, -0.2) is 28.1 Å². The summed E-state index contributed by atoms with van der Waals surface area (Å²) in [6.45, 7) is 0. The van der Waals surface area contributed by atoms with Crippen LogP contribution in [0.5, 0.6) is 5.75 Å². The van der Waals surface area contributed by atoms with Crippen molar-refractivity contribution in [1.29, 1.82) is 0 Å². The number of hydrogen-bond donors (Lipinski definition) is 1. The Kier molecular flexibility index (Phi) is 3.37. The predicted octanol–water partition coefficient (Wildman–Crippen LogP) is 2.69. The van der Waals surface area contributed by atoms with E-state index in [2.05, 4.69) is 33.2 Å². The van der Waals surface area contributed by atoms with E-state index >= 15 is 0 Å². The monoisotopic (exact) mass is 374 g/mol. The van der Waals surface area contributed by atoms with E-state index in [0.717, 1.165) is 22.3 Å². The first-order chi connectivity index (χ1) is 11.1. The second kappa shape index (κ2) is 5.30. The molecule has 1 aromatic rings. The Morgan fingerprint density at radius 1 is 1.13 bits per heavy atom. The van der Waals surface area contributed by atoms with Crippen LogP contribution >= 0.6 is 15.9 Å². The van der Waals surface area contributed by atoms with Gasteiger partial charge in [0.05, 0.1) is 18.1 Å². The number of benzene rings is 1. The fourth-order valence-electron chi connectivity index (χ4n) is 3.92. The Hall–Kier alpha value is -1.95. The van der Waals surface area contributed by atoms with Crippen LogP contribution in [0.2, 0.25) is 0 Å². The number of phenols is 1. The number of hydrazone groups is 1. The second-order valence-corrected chi connectivity index (χ2v) is 7.19. The summed E-state index contributed by atoms with van der Waals surface area (Å²) in [7, 11) is 0. The third kappa shape index (κ3) is 2.24. The third-order valence-electron chi connectivity index (χ3n) is 5.04. The van der Waals surface area contributed by atoms with Gasteiger partial charge in [0.2, 0.25) is 0 Å². The molecule has 1 saturated carbocycles. The number of aromatic hydroxyl groups is 1. The van der Waals surface area contributed by atoms with E-state index in [9.17, 15) is 14.7 Å². The molecule has 0 radical (unpaired) electrons. The first-order valence-electron chi connectivity index (χ1n) is 7.65. The summed E-state index contributed by atoms with van der Waals surface area (Å²) in [4.78, 5) is 25.2. The minimum absolute atomic E-state index is 0.0511. The second-order valence-electron chi connectivity index (χ2n) is 6.28. The molecule has 0 aromatic heterocycles. The standard InChI is InChI=1S/C17H15BrN2O3/c18-12-5-6-13(21)11(7-12)8-19-20-16(22)14-9-1-2-10(4-3-9)15(14)17(20)23/h1-2,5-10,14-15,21H,3-4H2/b19-8+/t9-,10+,14-,15-/m0/s1. The summed E-state index contributed by atoms with van der Waals surface area (Å²) in [6, 6.07) is 4.92. The Labute approximate surface area is 141 Å². The molecule has 1 aromatic carbocycles. The Morgan fingerprint density at radius 2 is 1.74 bits per heavy atom.